The number of nitrogens with zero attached hydrogens (tertiary/aromatic N) is 7. The molecule has 3 aromatic rings. The van der Waals surface area contributed by atoms with Gasteiger partial charge in [0, 0.05) is 80.2 Å². The largest absolute Gasteiger partial charge is 2.00 e. The van der Waals surface area contributed by atoms with Crippen molar-refractivity contribution >= 4 is 123 Å². The van der Waals surface area contributed by atoms with Gasteiger partial charge in [-0.3, -0.25) is 33.5 Å². The average molecular weight is 1340 g/mol. The summed E-state index contributed by atoms with van der Waals surface area (Å²) in [6.45, 7) is 28.0. The second kappa shape index (κ2) is 58.9. The molecule has 0 aliphatic carbocycles. The predicted molar refractivity (Wildman–Crippen MR) is 287 cm³/mol. The second-order valence-corrected chi connectivity index (χ2v) is 17.1. The molecule has 3 aromatic heterocycles. The number of rotatable bonds is 4. The zero-order chi connectivity index (χ0) is 50.8. The Hall–Kier alpha value is 0.356. The van der Waals surface area contributed by atoms with Gasteiger partial charge in [-0.15, -0.1) is 23.2 Å². The number of pyridine rings is 3. The molecule has 67 heavy (non-hydrogen) atoms. The topological polar surface area (TPSA) is 110 Å². The van der Waals surface area contributed by atoms with E-state index in [2.05, 4.69) is 122 Å². The van der Waals surface area contributed by atoms with Crippen LogP contribution in [0.2, 0.25) is 1.41 Å². The summed E-state index contributed by atoms with van der Waals surface area (Å²) in [6, 6.07) is 11.6. The Kier molecular flexibility index (Phi) is 63.0. The van der Waals surface area contributed by atoms with Crippen LogP contribution in [0, 0.1) is 9.90 Å². The molecular weight excluding hydrogens is 1260 g/mol. The fraction of sp³-hybridized carbons (Fsp3) is 0.628. The summed E-state index contributed by atoms with van der Waals surface area (Å²) < 4.78 is 74.5. The molecule has 13 nitrogen and oxygen atoms in total. The summed E-state index contributed by atoms with van der Waals surface area (Å²) in [7, 11) is 0.500. The van der Waals surface area contributed by atoms with Gasteiger partial charge in [-0.2, -0.15) is 12.1 Å². The molecular formula is C43H73Br3Cl3F3IMgN8O5+. The fourth-order valence-electron chi connectivity index (χ4n) is 4.99. The third-order valence-corrected chi connectivity index (χ3v) is 10.1. The number of ether oxygens (including phenoxy) is 5. The molecule has 24 heteroatoms. The SMILES string of the molecule is Brc1cc[c-]nc1.Brc1ccc(CN2CCOCC2)nc1.Brc1ccc(I)nc1.C.C1CN(CN2CCOCC2)CCO1.C=[N+]1CCOCC1.CC.CF.ClCCl.[3H]F.[3H]F.[3H]N1CCOCC1.[Cl-].[Mg+2]. The Bertz CT molecular complexity index is 1440. The minimum atomic E-state index is 0. The summed E-state index contributed by atoms with van der Waals surface area (Å²) in [4.78, 5) is 19.3. The maximum Gasteiger partial charge on any atom is 2.00 e. The number of nitrogens with one attached hydrogen (secondary N) is 1. The summed E-state index contributed by atoms with van der Waals surface area (Å²) in [6.07, 6.45) is 7.97. The number of hydrogen-bond donors (Lipinski definition) is 1. The van der Waals surface area contributed by atoms with Gasteiger partial charge in [0.1, 0.15) is 25.0 Å². The van der Waals surface area contributed by atoms with E-state index in [1.807, 2.05) is 48.9 Å². The number of morpholine rings is 5. The minimum absolute atomic E-state index is 0. The van der Waals surface area contributed by atoms with Crippen molar-refractivity contribution in [1.82, 2.24) is 35.0 Å². The molecule has 0 radical (unpaired) electrons. The van der Waals surface area contributed by atoms with Crippen LogP contribution in [0.4, 0.5) is 13.8 Å². The van der Waals surface area contributed by atoms with Crippen molar-refractivity contribution in [1.29, 1.82) is 2.90 Å². The zero-order valence-corrected chi connectivity index (χ0v) is 48.9. The first-order valence-corrected chi connectivity index (χ1v) is 24.9. The van der Waals surface area contributed by atoms with Crippen LogP contribution in [0.1, 0.15) is 27.0 Å². The van der Waals surface area contributed by atoms with Gasteiger partial charge < -0.3 is 46.4 Å². The molecule has 1 N–H and O–H groups in total. The van der Waals surface area contributed by atoms with Crippen LogP contribution in [0.15, 0.2) is 68.4 Å². The summed E-state index contributed by atoms with van der Waals surface area (Å²) in [5.41, 5.74) is 1.12. The Morgan fingerprint density at radius 2 is 1.13 bits per heavy atom. The first kappa shape index (κ1) is 71.6. The number of halogens is 10. The van der Waals surface area contributed by atoms with E-state index < -0.39 is 0 Å². The van der Waals surface area contributed by atoms with Crippen molar-refractivity contribution < 1.29 is 55.9 Å². The van der Waals surface area contributed by atoms with Crippen LogP contribution >= 0.6 is 93.6 Å². The van der Waals surface area contributed by atoms with E-state index in [1.165, 1.54) is 5.31 Å². The van der Waals surface area contributed by atoms with E-state index in [4.69, 9.17) is 57.7 Å². The van der Waals surface area contributed by atoms with Crippen molar-refractivity contribution in [3.8, 4) is 0 Å². The molecule has 386 valence electrons. The van der Waals surface area contributed by atoms with E-state index in [0.717, 1.165) is 168 Å². The second-order valence-electron chi connectivity index (χ2n) is 12.5. The Morgan fingerprint density at radius 1 is 0.731 bits per heavy atom. The number of aromatic nitrogens is 3. The standard InChI is InChI=1S/C10H13BrN2O.C9H18N2O2.C5H3BrIN.C5H3BrN.C5H10NO.C4H9NO.C2H6.CH2Cl2.CH3F.CH4.ClH.2FH.Mg/c11-9-1-2-10(12-7-9)8-13-3-5-14-6-4-13;1-5-12-6-2-10(1)9-11-3-7-13-8-4-11;6-4-1-2-5(7)8-3-4;6-5-2-1-3-7-4-5;1-6-2-4-7-5-3-6;1-3-6-4-2-5-1;1-2;2-1-3;1-2;;;;;/h1-2,7H,3-6,8H2;1-9H2;1-3H;1-2,4H;1-5H2;5H,1-4H2;1-2H3;1H2;1H3;1H4;3*1H;/q;;;-1;+1;;;;;;;;;+2/p-1/i/hT3. The first-order chi connectivity index (χ1) is 32.7. The summed E-state index contributed by atoms with van der Waals surface area (Å²) >= 11 is 21.6. The van der Waals surface area contributed by atoms with Crippen LogP contribution in [0.25, 0.3) is 0 Å². The zero-order valence-electron chi connectivity index (χ0n) is 41.3. The maximum absolute atomic E-state index is 9.50. The van der Waals surface area contributed by atoms with Gasteiger partial charge >= 0.3 is 23.1 Å². The first-order valence-electron chi connectivity index (χ1n) is 21.6. The smallest absolute Gasteiger partial charge is 1.00 e. The Labute approximate surface area is 475 Å². The third kappa shape index (κ3) is 49.7. The van der Waals surface area contributed by atoms with Gasteiger partial charge in [-0.1, -0.05) is 54.1 Å². The molecule has 5 saturated heterocycles. The monoisotopic (exact) mass is 1340 g/mol. The van der Waals surface area contributed by atoms with Crippen molar-refractivity contribution in [3.05, 3.63) is 84.0 Å². The average Bonchev–Trinajstić information content (AvgIpc) is 3.39. The molecule has 0 bridgehead atoms. The number of alkyl halides is 3. The molecule has 8 heterocycles. The van der Waals surface area contributed by atoms with Gasteiger partial charge in [-0.25, -0.2) is 9.56 Å². The maximum atomic E-state index is 9.50. The van der Waals surface area contributed by atoms with Crippen LogP contribution in [0.3, 0.4) is 0 Å². The van der Waals surface area contributed by atoms with Crippen LogP contribution in [0.5, 0.6) is 0 Å². The number of hydrogen-bond acceptors (Lipinski definition) is 12. The quantitative estimate of drug-likeness (QED) is 0.0915. The van der Waals surface area contributed by atoms with E-state index in [9.17, 15) is 4.39 Å². The molecule has 5 aliphatic rings. The molecule has 0 spiro atoms. The van der Waals surface area contributed by atoms with Gasteiger partial charge in [0.25, 0.3) is 2.90 Å². The van der Waals surface area contributed by atoms with Gasteiger partial charge in [0.15, 0.2) is 13.1 Å². The van der Waals surface area contributed by atoms with Crippen LogP contribution < -0.4 is 17.7 Å². The molecule has 0 saturated carbocycles. The van der Waals surface area contributed by atoms with E-state index in [-0.39, 0.29) is 48.2 Å². The van der Waals surface area contributed by atoms with Crippen molar-refractivity contribution in [2.24, 2.45) is 0 Å². The minimum Gasteiger partial charge on any atom is -1.00 e. The molecule has 0 atom stereocenters. The third-order valence-electron chi connectivity index (χ3n) is 8.05. The van der Waals surface area contributed by atoms with Gasteiger partial charge in [-0.05, 0) is 78.7 Å². The van der Waals surface area contributed by atoms with Crippen molar-refractivity contribution in [3.63, 3.8) is 0 Å². The van der Waals surface area contributed by atoms with E-state index in [1.54, 1.807) is 18.5 Å². The van der Waals surface area contributed by atoms with Crippen LogP contribution in [-0.2, 0) is 30.2 Å². The fourth-order valence-corrected chi connectivity index (χ4v) is 6.01. The Balaban J connectivity index is -0.000000170. The van der Waals surface area contributed by atoms with Gasteiger partial charge in [0.05, 0.1) is 77.7 Å². The van der Waals surface area contributed by atoms with E-state index >= 15 is 0 Å². The molecule has 0 unspecified atom stereocenters. The van der Waals surface area contributed by atoms with E-state index in [0.29, 0.717) is 7.18 Å². The normalized spacial score (nSPS) is 16.9. The summed E-state index contributed by atoms with van der Waals surface area (Å²) in [5, 5.41) is 1.71. The predicted octanol–water partition coefficient (Wildman–Crippen LogP) is 5.31. The molecule has 8 rings (SSSR count). The van der Waals surface area contributed by atoms with Crippen molar-refractivity contribution in [2.75, 3.05) is 151 Å². The molecule has 5 aliphatic heterocycles. The Morgan fingerprint density at radius 3 is 1.43 bits per heavy atom. The molecule has 0 aromatic carbocycles. The summed E-state index contributed by atoms with van der Waals surface area (Å²) in [5.74, 6) is 0. The van der Waals surface area contributed by atoms with Crippen LogP contribution in [-0.4, -0.2) is 218 Å². The van der Waals surface area contributed by atoms with Gasteiger partial charge in [0.2, 0.25) is 0 Å². The molecule has 0 amide bonds. The molecule has 5 fully saturated rings. The van der Waals surface area contributed by atoms with Crippen molar-refractivity contribution in [2.45, 2.75) is 27.8 Å².